The van der Waals surface area contributed by atoms with Crippen LogP contribution in [0.5, 0.6) is 0 Å². The molecule has 1 aromatic carbocycles. The molecule has 168 valence electrons. The third-order valence-corrected chi connectivity index (χ3v) is 5.55. The summed E-state index contributed by atoms with van der Waals surface area (Å²) >= 11 is 0. The van der Waals surface area contributed by atoms with Crippen molar-refractivity contribution in [3.05, 3.63) is 59.3 Å². The van der Waals surface area contributed by atoms with Gasteiger partial charge in [0.1, 0.15) is 17.5 Å². The topological polar surface area (TPSA) is 97.2 Å². The standard InChI is InChI=1S/C22H26FN7O2/c1-13-18-20(29(3)19(14(2)32-4)21(31)27-18)28-22(26-13)24-9-16-10-25-30(12-16)11-15-5-7-17(23)8-6-15/h5-8,10,12,14,19H,9,11H2,1-4H3,(H,27,31)(H,24,26,28)/t14-,19?/m1/s1. The molecule has 0 spiro atoms. The molecule has 0 fully saturated rings. The van der Waals surface area contributed by atoms with Crippen molar-refractivity contribution in [2.24, 2.45) is 0 Å². The van der Waals surface area contributed by atoms with Crippen LogP contribution in [0, 0.1) is 12.7 Å². The lowest BCUT2D eigenvalue weighted by Gasteiger charge is -2.37. The number of ether oxygens (including phenoxy) is 1. The summed E-state index contributed by atoms with van der Waals surface area (Å²) in [4.78, 5) is 23.5. The predicted octanol–water partition coefficient (Wildman–Crippen LogP) is 2.57. The van der Waals surface area contributed by atoms with Crippen molar-refractivity contribution in [2.75, 3.05) is 29.7 Å². The van der Waals surface area contributed by atoms with Crippen molar-refractivity contribution in [1.82, 2.24) is 19.7 Å². The van der Waals surface area contributed by atoms with Gasteiger partial charge in [0.2, 0.25) is 11.9 Å². The molecule has 2 N–H and O–H groups in total. The second-order valence-electron chi connectivity index (χ2n) is 7.84. The van der Waals surface area contributed by atoms with Crippen LogP contribution in [0.15, 0.2) is 36.7 Å². The molecule has 10 heteroatoms. The Kier molecular flexibility index (Phi) is 6.04. The van der Waals surface area contributed by atoms with Gasteiger partial charge in [-0.25, -0.2) is 9.37 Å². The Labute approximate surface area is 185 Å². The van der Waals surface area contributed by atoms with Gasteiger partial charge in [0.15, 0.2) is 5.82 Å². The summed E-state index contributed by atoms with van der Waals surface area (Å²) < 4.78 is 20.2. The lowest BCUT2D eigenvalue weighted by molar-refractivity contribution is -0.120. The molecule has 0 radical (unpaired) electrons. The quantitative estimate of drug-likeness (QED) is 0.584. The Morgan fingerprint density at radius 1 is 1.25 bits per heavy atom. The number of methoxy groups -OCH3 is 1. The molecular formula is C22H26FN7O2. The first-order valence-electron chi connectivity index (χ1n) is 10.3. The number of nitrogens with zero attached hydrogens (tertiary/aromatic N) is 5. The lowest BCUT2D eigenvalue weighted by Crippen LogP contribution is -2.53. The molecule has 9 nitrogen and oxygen atoms in total. The van der Waals surface area contributed by atoms with Crippen LogP contribution in [0.1, 0.15) is 23.7 Å². The van der Waals surface area contributed by atoms with Crippen LogP contribution < -0.4 is 15.5 Å². The highest BCUT2D eigenvalue weighted by atomic mass is 19.1. The zero-order chi connectivity index (χ0) is 22.8. The molecule has 2 aromatic heterocycles. The van der Waals surface area contributed by atoms with Crippen LogP contribution >= 0.6 is 0 Å². The summed E-state index contributed by atoms with van der Waals surface area (Å²) in [5, 5.41) is 10.5. The van der Waals surface area contributed by atoms with E-state index in [-0.39, 0.29) is 17.8 Å². The Morgan fingerprint density at radius 3 is 2.72 bits per heavy atom. The maximum absolute atomic E-state index is 13.1. The van der Waals surface area contributed by atoms with Gasteiger partial charge in [-0.05, 0) is 31.5 Å². The number of benzene rings is 1. The molecule has 3 heterocycles. The number of nitrogens with one attached hydrogen (secondary N) is 2. The SMILES string of the molecule is CO[C@H](C)C1C(=O)Nc2c(C)nc(NCc3cnn(Cc4ccc(F)cc4)c3)nc2N1C. The molecule has 1 amide bonds. The van der Waals surface area contributed by atoms with Crippen molar-refractivity contribution in [3.63, 3.8) is 0 Å². The highest BCUT2D eigenvalue weighted by Crippen LogP contribution is 2.33. The van der Waals surface area contributed by atoms with Crippen LogP contribution in [-0.4, -0.2) is 52.0 Å². The number of anilines is 3. The number of halogens is 1. The number of amides is 1. The van der Waals surface area contributed by atoms with Gasteiger partial charge in [0.25, 0.3) is 0 Å². The number of carbonyl (C=O) groups is 1. The van der Waals surface area contributed by atoms with Crippen molar-refractivity contribution in [1.29, 1.82) is 0 Å². The van der Waals surface area contributed by atoms with Crippen LogP contribution in [0.3, 0.4) is 0 Å². The molecule has 0 aliphatic carbocycles. The third kappa shape index (κ3) is 4.40. The number of rotatable bonds is 7. The van der Waals surface area contributed by atoms with Gasteiger partial charge < -0.3 is 20.3 Å². The fraction of sp³-hybridized carbons (Fsp3) is 0.364. The Hall–Kier alpha value is -3.53. The van der Waals surface area contributed by atoms with Crippen molar-refractivity contribution in [3.8, 4) is 0 Å². The predicted molar refractivity (Wildman–Crippen MR) is 119 cm³/mol. The van der Waals surface area contributed by atoms with E-state index in [1.54, 1.807) is 30.1 Å². The van der Waals surface area contributed by atoms with Crippen molar-refractivity contribution >= 4 is 23.4 Å². The molecule has 0 saturated heterocycles. The van der Waals surface area contributed by atoms with Crippen LogP contribution in [0.4, 0.5) is 21.8 Å². The highest BCUT2D eigenvalue weighted by Gasteiger charge is 2.37. The Balaban J connectivity index is 1.46. The maximum Gasteiger partial charge on any atom is 0.249 e. The number of likely N-dealkylation sites (N-methyl/N-ethyl adjacent to an activating group) is 1. The second kappa shape index (κ2) is 8.91. The lowest BCUT2D eigenvalue weighted by atomic mass is 10.1. The van der Waals surface area contributed by atoms with E-state index in [1.807, 2.05) is 32.0 Å². The maximum atomic E-state index is 13.1. The third-order valence-electron chi connectivity index (χ3n) is 5.55. The number of aromatic nitrogens is 4. The fourth-order valence-electron chi connectivity index (χ4n) is 3.74. The summed E-state index contributed by atoms with van der Waals surface area (Å²) in [7, 11) is 3.41. The number of aryl methyl sites for hydroxylation is 1. The van der Waals surface area contributed by atoms with E-state index in [0.717, 1.165) is 11.1 Å². The van der Waals surface area contributed by atoms with E-state index in [4.69, 9.17) is 4.74 Å². The largest absolute Gasteiger partial charge is 0.379 e. The first-order chi connectivity index (χ1) is 15.4. The van der Waals surface area contributed by atoms with Gasteiger partial charge in [0, 0.05) is 32.5 Å². The van der Waals surface area contributed by atoms with Crippen LogP contribution in [0.25, 0.3) is 0 Å². The average Bonchev–Trinajstić information content (AvgIpc) is 3.22. The molecule has 32 heavy (non-hydrogen) atoms. The van der Waals surface area contributed by atoms with Crippen LogP contribution in [0.2, 0.25) is 0 Å². The van der Waals surface area contributed by atoms with Gasteiger partial charge >= 0.3 is 0 Å². The minimum Gasteiger partial charge on any atom is -0.379 e. The minimum absolute atomic E-state index is 0.143. The first-order valence-corrected chi connectivity index (χ1v) is 10.3. The van der Waals surface area contributed by atoms with E-state index in [1.165, 1.54) is 12.1 Å². The van der Waals surface area contributed by atoms with E-state index < -0.39 is 6.04 Å². The minimum atomic E-state index is -0.487. The molecule has 0 saturated carbocycles. The molecule has 2 atom stereocenters. The highest BCUT2D eigenvalue weighted by molar-refractivity contribution is 6.03. The monoisotopic (exact) mass is 439 g/mol. The molecule has 1 unspecified atom stereocenters. The fourth-order valence-corrected chi connectivity index (χ4v) is 3.74. The number of carbonyl (C=O) groups excluding carboxylic acids is 1. The van der Waals surface area contributed by atoms with Crippen LogP contribution in [-0.2, 0) is 22.6 Å². The average molecular weight is 439 g/mol. The number of fused-ring (bicyclic) bond motifs is 1. The summed E-state index contributed by atoms with van der Waals surface area (Å²) in [6.45, 7) is 4.72. The second-order valence-corrected chi connectivity index (χ2v) is 7.84. The molecule has 0 bridgehead atoms. The summed E-state index contributed by atoms with van der Waals surface area (Å²) in [6.07, 6.45) is 3.39. The van der Waals surface area contributed by atoms with Gasteiger partial charge in [-0.15, -0.1) is 0 Å². The summed E-state index contributed by atoms with van der Waals surface area (Å²) in [6, 6.07) is 5.87. The molecular weight excluding hydrogens is 413 g/mol. The van der Waals surface area contributed by atoms with E-state index in [2.05, 4.69) is 25.7 Å². The summed E-state index contributed by atoms with van der Waals surface area (Å²) in [5.74, 6) is 0.697. The van der Waals surface area contributed by atoms with Gasteiger partial charge in [0.05, 0.1) is 24.5 Å². The first kappa shape index (κ1) is 21.7. The zero-order valence-corrected chi connectivity index (χ0v) is 18.5. The van der Waals surface area contributed by atoms with E-state index >= 15 is 0 Å². The van der Waals surface area contributed by atoms with Crippen molar-refractivity contribution < 1.29 is 13.9 Å². The zero-order valence-electron chi connectivity index (χ0n) is 18.5. The normalized spacial score (nSPS) is 16.5. The Bertz CT molecular complexity index is 1120. The summed E-state index contributed by atoms with van der Waals surface area (Å²) in [5.41, 5.74) is 3.20. The number of hydrogen-bond donors (Lipinski definition) is 2. The van der Waals surface area contributed by atoms with Gasteiger partial charge in [-0.2, -0.15) is 10.1 Å². The Morgan fingerprint density at radius 2 is 2.00 bits per heavy atom. The van der Waals surface area contributed by atoms with Crippen molar-refractivity contribution in [2.45, 2.75) is 39.1 Å². The molecule has 4 rings (SSSR count). The van der Waals surface area contributed by atoms with Gasteiger partial charge in [-0.1, -0.05) is 12.1 Å². The molecule has 1 aliphatic rings. The molecule has 3 aromatic rings. The van der Waals surface area contributed by atoms with Gasteiger partial charge in [-0.3, -0.25) is 9.48 Å². The van der Waals surface area contributed by atoms with E-state index in [9.17, 15) is 9.18 Å². The number of hydrogen-bond acceptors (Lipinski definition) is 7. The molecule has 1 aliphatic heterocycles. The smallest absolute Gasteiger partial charge is 0.249 e. The van der Waals surface area contributed by atoms with E-state index in [0.29, 0.717) is 36.2 Å².